The van der Waals surface area contributed by atoms with Gasteiger partial charge >= 0.3 is 17.9 Å². The zero-order chi connectivity index (χ0) is 59.2. The third-order valence-electron chi connectivity index (χ3n) is 16.2. The lowest BCUT2D eigenvalue weighted by Crippen LogP contribution is -2.30. The number of hydrogen-bond acceptors (Lipinski definition) is 6. The highest BCUT2D eigenvalue weighted by atomic mass is 16.6. The number of allylic oxidation sites excluding steroid dienone is 10. The zero-order valence-electron chi connectivity index (χ0n) is 55.0. The Morgan fingerprint density at radius 1 is 0.244 bits per heavy atom. The van der Waals surface area contributed by atoms with Gasteiger partial charge in [0, 0.05) is 19.3 Å². The van der Waals surface area contributed by atoms with Gasteiger partial charge in [0.15, 0.2) is 6.10 Å². The largest absolute Gasteiger partial charge is 0.462 e. The van der Waals surface area contributed by atoms with Gasteiger partial charge in [-0.25, -0.2) is 0 Å². The van der Waals surface area contributed by atoms with Crippen LogP contribution in [0.15, 0.2) is 60.8 Å². The molecule has 0 fully saturated rings. The third kappa shape index (κ3) is 67.9. The minimum absolute atomic E-state index is 0.0710. The Bertz CT molecular complexity index is 1460. The molecule has 0 aliphatic heterocycles. The summed E-state index contributed by atoms with van der Waals surface area (Å²) in [5.74, 6) is -0.850. The Morgan fingerprint density at radius 3 is 0.683 bits per heavy atom. The summed E-state index contributed by atoms with van der Waals surface area (Å²) in [5.41, 5.74) is 0. The molecule has 0 N–H and O–H groups in total. The van der Waals surface area contributed by atoms with E-state index >= 15 is 0 Å². The summed E-state index contributed by atoms with van der Waals surface area (Å²) in [5, 5.41) is 0. The molecule has 0 aromatic carbocycles. The first kappa shape index (κ1) is 79.1. The molecule has 0 radical (unpaired) electrons. The fourth-order valence-corrected chi connectivity index (χ4v) is 10.8. The Balaban J connectivity index is 4.28. The molecule has 0 aliphatic rings. The maximum absolute atomic E-state index is 13.0. The standard InChI is InChI=1S/C76H138O6/c1-4-7-10-13-16-19-22-25-28-30-32-34-36-38-40-42-44-46-48-51-54-57-60-63-66-69-75(78)81-72-73(71-80-74(77)68-65-62-59-56-53-50-27-24-21-18-15-12-9-6-3)82-76(79)70-67-64-61-58-55-52-49-47-45-43-41-39-37-35-33-31-29-26-23-20-17-14-11-8-5-2/h22-23,25-26,30-33,36,38,73H,4-21,24,27-29,34-35,37,39-72H2,1-3H3/b25-22-,26-23-,32-30-,33-31-,38-36-. The molecule has 0 rings (SSSR count). The molecule has 0 bridgehead atoms. The highest BCUT2D eigenvalue weighted by Crippen LogP contribution is 2.18. The molecule has 0 saturated carbocycles. The van der Waals surface area contributed by atoms with Gasteiger partial charge in [-0.2, -0.15) is 0 Å². The number of ether oxygens (including phenoxy) is 3. The molecule has 0 heterocycles. The van der Waals surface area contributed by atoms with Gasteiger partial charge in [0.1, 0.15) is 13.2 Å². The number of hydrogen-bond donors (Lipinski definition) is 0. The van der Waals surface area contributed by atoms with Crippen molar-refractivity contribution in [3.63, 3.8) is 0 Å². The van der Waals surface area contributed by atoms with Crippen LogP contribution in [0.4, 0.5) is 0 Å². The maximum atomic E-state index is 13.0. The van der Waals surface area contributed by atoms with Gasteiger partial charge in [0.25, 0.3) is 0 Å². The molecular formula is C76H138O6. The molecule has 0 saturated heterocycles. The van der Waals surface area contributed by atoms with E-state index in [-0.39, 0.29) is 31.1 Å². The van der Waals surface area contributed by atoms with Crippen LogP contribution < -0.4 is 0 Å². The van der Waals surface area contributed by atoms with Crippen molar-refractivity contribution in [2.75, 3.05) is 13.2 Å². The normalized spacial score (nSPS) is 12.4. The van der Waals surface area contributed by atoms with E-state index in [0.717, 1.165) is 77.0 Å². The number of esters is 3. The highest BCUT2D eigenvalue weighted by Gasteiger charge is 2.19. The number of rotatable bonds is 67. The van der Waals surface area contributed by atoms with Crippen molar-refractivity contribution in [2.45, 2.75) is 393 Å². The van der Waals surface area contributed by atoms with Crippen LogP contribution in [0.2, 0.25) is 0 Å². The molecular weight excluding hydrogens is 1010 g/mol. The van der Waals surface area contributed by atoms with Crippen LogP contribution in [-0.4, -0.2) is 37.2 Å². The van der Waals surface area contributed by atoms with Crippen molar-refractivity contribution in [3.05, 3.63) is 60.8 Å². The van der Waals surface area contributed by atoms with Gasteiger partial charge in [-0.15, -0.1) is 0 Å². The van der Waals surface area contributed by atoms with E-state index in [4.69, 9.17) is 14.2 Å². The van der Waals surface area contributed by atoms with E-state index in [1.165, 1.54) is 270 Å². The summed E-state index contributed by atoms with van der Waals surface area (Å²) in [6.07, 6.45) is 91.0. The van der Waals surface area contributed by atoms with Crippen molar-refractivity contribution in [3.8, 4) is 0 Å². The fraction of sp³-hybridized carbons (Fsp3) is 0.829. The van der Waals surface area contributed by atoms with E-state index in [1.54, 1.807) is 0 Å². The van der Waals surface area contributed by atoms with Gasteiger partial charge in [-0.05, 0) is 89.9 Å². The Hall–Kier alpha value is -2.89. The molecule has 0 spiro atoms. The fourth-order valence-electron chi connectivity index (χ4n) is 10.8. The van der Waals surface area contributed by atoms with E-state index in [0.29, 0.717) is 19.3 Å². The molecule has 478 valence electrons. The predicted molar refractivity (Wildman–Crippen MR) is 358 cm³/mol. The van der Waals surface area contributed by atoms with Crippen LogP contribution in [0.25, 0.3) is 0 Å². The molecule has 0 aromatic heterocycles. The van der Waals surface area contributed by atoms with E-state index < -0.39 is 6.10 Å². The maximum Gasteiger partial charge on any atom is 0.306 e. The van der Waals surface area contributed by atoms with Gasteiger partial charge in [-0.1, -0.05) is 338 Å². The average Bonchev–Trinajstić information content (AvgIpc) is 3.47. The van der Waals surface area contributed by atoms with Gasteiger partial charge in [0.05, 0.1) is 0 Å². The van der Waals surface area contributed by atoms with Gasteiger partial charge < -0.3 is 14.2 Å². The van der Waals surface area contributed by atoms with Crippen molar-refractivity contribution in [2.24, 2.45) is 0 Å². The molecule has 82 heavy (non-hydrogen) atoms. The molecule has 6 nitrogen and oxygen atoms in total. The Kier molecular flexibility index (Phi) is 68.1. The molecule has 0 aromatic rings. The summed E-state index contributed by atoms with van der Waals surface area (Å²) in [4.78, 5) is 38.5. The first-order valence-corrected chi connectivity index (χ1v) is 36.3. The second-order valence-corrected chi connectivity index (χ2v) is 24.5. The van der Waals surface area contributed by atoms with Gasteiger partial charge in [0.2, 0.25) is 0 Å². The predicted octanol–water partition coefficient (Wildman–Crippen LogP) is 25.1. The van der Waals surface area contributed by atoms with Crippen LogP contribution in [0, 0.1) is 0 Å². The van der Waals surface area contributed by atoms with Crippen LogP contribution in [-0.2, 0) is 28.6 Å². The lowest BCUT2D eigenvalue weighted by atomic mass is 10.0. The number of unbranched alkanes of at least 4 members (excludes halogenated alkanes) is 46. The molecule has 6 heteroatoms. The smallest absolute Gasteiger partial charge is 0.306 e. The minimum atomic E-state index is -0.776. The SMILES string of the molecule is CCCCCCC/C=C\C/C=C\C/C=C\CCCCCCCCCCCCC(=O)OCC(COC(=O)CCCCCCCCCCCCCCCC)OC(=O)CCCCCCCCCCCCCCC/C=C\C/C=C\CCCCCCC. The Labute approximate surface area is 510 Å². The topological polar surface area (TPSA) is 78.9 Å². The molecule has 0 aliphatic carbocycles. The van der Waals surface area contributed by atoms with Crippen LogP contribution in [0.5, 0.6) is 0 Å². The Morgan fingerprint density at radius 2 is 0.439 bits per heavy atom. The van der Waals surface area contributed by atoms with Gasteiger partial charge in [-0.3, -0.25) is 14.4 Å². The summed E-state index contributed by atoms with van der Waals surface area (Å²) in [7, 11) is 0. The summed E-state index contributed by atoms with van der Waals surface area (Å²) >= 11 is 0. The summed E-state index contributed by atoms with van der Waals surface area (Å²) in [6, 6.07) is 0. The van der Waals surface area contributed by atoms with Crippen molar-refractivity contribution in [1.82, 2.24) is 0 Å². The molecule has 0 amide bonds. The van der Waals surface area contributed by atoms with Crippen LogP contribution in [0.1, 0.15) is 387 Å². The molecule has 1 unspecified atom stereocenters. The van der Waals surface area contributed by atoms with E-state index in [2.05, 4.69) is 81.5 Å². The first-order chi connectivity index (χ1) is 40.5. The second kappa shape index (κ2) is 70.6. The highest BCUT2D eigenvalue weighted by molar-refractivity contribution is 5.71. The van der Waals surface area contributed by atoms with Crippen LogP contribution >= 0.6 is 0 Å². The van der Waals surface area contributed by atoms with E-state index in [1.807, 2.05) is 0 Å². The summed E-state index contributed by atoms with van der Waals surface area (Å²) in [6.45, 7) is 6.68. The first-order valence-electron chi connectivity index (χ1n) is 36.3. The van der Waals surface area contributed by atoms with Crippen molar-refractivity contribution in [1.29, 1.82) is 0 Å². The lowest BCUT2D eigenvalue weighted by Gasteiger charge is -2.18. The number of carbonyl (C=O) groups excluding carboxylic acids is 3. The van der Waals surface area contributed by atoms with E-state index in [9.17, 15) is 14.4 Å². The average molecular weight is 1150 g/mol. The lowest BCUT2D eigenvalue weighted by molar-refractivity contribution is -0.167. The minimum Gasteiger partial charge on any atom is -0.462 e. The molecule has 1 atom stereocenters. The second-order valence-electron chi connectivity index (χ2n) is 24.5. The third-order valence-corrected chi connectivity index (χ3v) is 16.2. The van der Waals surface area contributed by atoms with Crippen molar-refractivity contribution >= 4 is 17.9 Å². The monoisotopic (exact) mass is 1150 g/mol. The number of carbonyl (C=O) groups is 3. The van der Waals surface area contributed by atoms with Crippen molar-refractivity contribution < 1.29 is 28.6 Å². The van der Waals surface area contributed by atoms with Crippen LogP contribution in [0.3, 0.4) is 0 Å². The zero-order valence-corrected chi connectivity index (χ0v) is 55.0. The quantitative estimate of drug-likeness (QED) is 0.0261. The summed E-state index contributed by atoms with van der Waals surface area (Å²) < 4.78 is 17.0.